The quantitative estimate of drug-likeness (QED) is 0.497. The molecule has 0 saturated carbocycles. The lowest BCUT2D eigenvalue weighted by molar-refractivity contribution is -0.136. The average molecular weight is 500 g/mol. The number of hydrogen-bond donors (Lipinski definition) is 2. The van der Waals surface area contributed by atoms with Gasteiger partial charge in [0.1, 0.15) is 0 Å². The minimum Gasteiger partial charge on any atom is -0.466 e. The molecule has 2 aromatic carbocycles. The first kappa shape index (κ1) is 26.9. The van der Waals surface area contributed by atoms with Gasteiger partial charge in [0.25, 0.3) is 0 Å². The van der Waals surface area contributed by atoms with Crippen molar-refractivity contribution in [1.82, 2.24) is 15.2 Å². The zero-order chi connectivity index (χ0) is 25.8. The lowest BCUT2D eigenvalue weighted by atomic mass is 9.96. The van der Waals surface area contributed by atoms with Crippen LogP contribution in [-0.2, 0) is 26.0 Å². The number of ether oxygens (including phenoxy) is 1. The number of rotatable bonds is 9. The summed E-state index contributed by atoms with van der Waals surface area (Å²) in [5.41, 5.74) is 7.04. The Labute approximate surface area is 209 Å². The molecule has 0 radical (unpaired) electrons. The molecule has 8 heteroatoms. The summed E-state index contributed by atoms with van der Waals surface area (Å²) in [5, 5.41) is 2.06. The van der Waals surface area contributed by atoms with Crippen molar-refractivity contribution in [2.75, 3.05) is 13.7 Å². The predicted octanol–water partition coefficient (Wildman–Crippen LogP) is 4.41. The van der Waals surface area contributed by atoms with Crippen molar-refractivity contribution in [3.63, 3.8) is 0 Å². The number of allylic oxidation sites excluding steroid dienone is 1. The predicted molar refractivity (Wildman–Crippen MR) is 139 cm³/mol. The van der Waals surface area contributed by atoms with Crippen molar-refractivity contribution in [3.05, 3.63) is 65.4 Å². The first-order valence-electron chi connectivity index (χ1n) is 12.1. The third-order valence-electron chi connectivity index (χ3n) is 5.81. The van der Waals surface area contributed by atoms with E-state index in [2.05, 4.69) is 22.1 Å². The fraction of sp³-hybridized carbons (Fsp3) is 0.444. The molecule has 1 aliphatic heterocycles. The number of hydrogen-bond acceptors (Lipinski definition) is 6. The third kappa shape index (κ3) is 6.31. The highest BCUT2D eigenvalue weighted by Gasteiger charge is 2.34. The third-order valence-corrected chi connectivity index (χ3v) is 7.62. The van der Waals surface area contributed by atoms with Crippen LogP contribution in [0.25, 0.3) is 11.1 Å². The molecule has 0 aromatic heterocycles. The van der Waals surface area contributed by atoms with Gasteiger partial charge in [-0.15, -0.1) is 0 Å². The number of methoxy groups -OCH3 is 1. The molecule has 1 aliphatic rings. The molecule has 2 aromatic rings. The van der Waals surface area contributed by atoms with Crippen LogP contribution in [0.4, 0.5) is 0 Å². The van der Waals surface area contributed by atoms with Gasteiger partial charge in [-0.3, -0.25) is 0 Å². The van der Waals surface area contributed by atoms with Crippen molar-refractivity contribution < 1.29 is 17.9 Å². The molecule has 0 aliphatic carbocycles. The smallest absolute Gasteiger partial charge is 0.337 e. The fourth-order valence-electron chi connectivity index (χ4n) is 4.45. The van der Waals surface area contributed by atoms with E-state index < -0.39 is 15.6 Å². The lowest BCUT2D eigenvalue weighted by Gasteiger charge is -2.23. The second-order valence-electron chi connectivity index (χ2n) is 9.79. The first-order chi connectivity index (χ1) is 16.5. The molecule has 1 heterocycles. The fourth-order valence-corrected chi connectivity index (χ4v) is 6.10. The van der Waals surface area contributed by atoms with Crippen molar-refractivity contribution in [1.29, 1.82) is 0 Å². The van der Waals surface area contributed by atoms with Crippen LogP contribution >= 0.6 is 0 Å². The molecule has 7 nitrogen and oxygen atoms in total. The van der Waals surface area contributed by atoms with Gasteiger partial charge in [0.2, 0.25) is 10.0 Å². The van der Waals surface area contributed by atoms with E-state index in [-0.39, 0.29) is 16.9 Å². The second kappa shape index (κ2) is 10.9. The molecule has 3 rings (SSSR count). The van der Waals surface area contributed by atoms with Gasteiger partial charge in [-0.1, -0.05) is 56.3 Å². The number of benzene rings is 2. The number of hydrazine groups is 1. The Morgan fingerprint density at radius 2 is 1.74 bits per heavy atom. The maximum absolute atomic E-state index is 13.0. The van der Waals surface area contributed by atoms with Gasteiger partial charge in [-0.2, -0.15) is 0 Å². The number of sulfonamides is 1. The van der Waals surface area contributed by atoms with Crippen molar-refractivity contribution in [2.45, 2.75) is 70.4 Å². The van der Waals surface area contributed by atoms with Crippen molar-refractivity contribution in [2.24, 2.45) is 0 Å². The summed E-state index contributed by atoms with van der Waals surface area (Å²) in [6, 6.07) is 14.7. The number of carbonyl (C=O) groups excluding carboxylic acids is 1. The molecular weight excluding hydrogens is 462 g/mol. The Morgan fingerprint density at radius 1 is 1.09 bits per heavy atom. The summed E-state index contributed by atoms with van der Waals surface area (Å²) in [7, 11) is -2.28. The first-order valence-corrected chi connectivity index (χ1v) is 13.6. The monoisotopic (exact) mass is 499 g/mol. The topological polar surface area (TPSA) is 87.7 Å². The average Bonchev–Trinajstić information content (AvgIpc) is 3.14. The highest BCUT2D eigenvalue weighted by molar-refractivity contribution is 7.89. The minimum absolute atomic E-state index is 0.182. The van der Waals surface area contributed by atoms with E-state index in [1.165, 1.54) is 7.11 Å². The number of nitrogens with one attached hydrogen (secondary N) is 2. The van der Waals surface area contributed by atoms with Gasteiger partial charge in [-0.25, -0.2) is 23.4 Å². The zero-order valence-corrected chi connectivity index (χ0v) is 22.3. The molecule has 0 bridgehead atoms. The van der Waals surface area contributed by atoms with Crippen LogP contribution in [0.3, 0.4) is 0 Å². The molecule has 0 amide bonds. The maximum Gasteiger partial charge on any atom is 0.337 e. The number of carbonyl (C=O) groups is 1. The van der Waals surface area contributed by atoms with Gasteiger partial charge < -0.3 is 9.75 Å². The van der Waals surface area contributed by atoms with Crippen LogP contribution in [0.15, 0.2) is 64.7 Å². The van der Waals surface area contributed by atoms with Crippen LogP contribution < -0.4 is 10.1 Å². The SMILES string of the molecule is CCCN1NC(Cc2ccc(-c3ccccc3S(=O)(=O)NC(C)(C)C)cc2)C(C(=O)OC)=C1CC. The van der Waals surface area contributed by atoms with Gasteiger partial charge in [-0.05, 0) is 57.2 Å². The summed E-state index contributed by atoms with van der Waals surface area (Å²) in [6.45, 7) is 10.4. The summed E-state index contributed by atoms with van der Waals surface area (Å²) in [6.07, 6.45) is 2.31. The molecule has 1 atom stereocenters. The molecule has 1 unspecified atom stereocenters. The van der Waals surface area contributed by atoms with Crippen LogP contribution in [0, 0.1) is 0 Å². The van der Waals surface area contributed by atoms with Crippen molar-refractivity contribution in [3.8, 4) is 11.1 Å². The molecule has 35 heavy (non-hydrogen) atoms. The highest BCUT2D eigenvalue weighted by Crippen LogP contribution is 2.30. The van der Waals surface area contributed by atoms with E-state index in [1.54, 1.807) is 12.1 Å². The van der Waals surface area contributed by atoms with E-state index in [1.807, 2.05) is 64.1 Å². The van der Waals surface area contributed by atoms with Gasteiger partial charge >= 0.3 is 5.97 Å². The minimum atomic E-state index is -3.69. The lowest BCUT2D eigenvalue weighted by Crippen LogP contribution is -2.40. The molecule has 0 saturated heterocycles. The van der Waals surface area contributed by atoms with Gasteiger partial charge in [0, 0.05) is 23.3 Å². The van der Waals surface area contributed by atoms with Gasteiger partial charge in [0.15, 0.2) is 0 Å². The second-order valence-corrected chi connectivity index (χ2v) is 11.4. The van der Waals surface area contributed by atoms with Gasteiger partial charge in [0.05, 0.1) is 23.6 Å². The van der Waals surface area contributed by atoms with E-state index >= 15 is 0 Å². The molecule has 0 spiro atoms. The Hall–Kier alpha value is -2.68. The maximum atomic E-state index is 13.0. The van der Waals surface area contributed by atoms with Crippen LogP contribution in [0.5, 0.6) is 0 Å². The Morgan fingerprint density at radius 3 is 2.31 bits per heavy atom. The van der Waals surface area contributed by atoms with Crippen LogP contribution in [0.1, 0.15) is 53.0 Å². The van der Waals surface area contributed by atoms with Crippen molar-refractivity contribution >= 4 is 16.0 Å². The molecule has 0 fully saturated rings. The van der Waals surface area contributed by atoms with E-state index in [0.29, 0.717) is 17.6 Å². The summed E-state index contributed by atoms with van der Waals surface area (Å²) >= 11 is 0. The highest BCUT2D eigenvalue weighted by atomic mass is 32.2. The normalized spacial score (nSPS) is 16.6. The molecule has 2 N–H and O–H groups in total. The summed E-state index contributed by atoms with van der Waals surface area (Å²) < 4.78 is 33.9. The van der Waals surface area contributed by atoms with E-state index in [9.17, 15) is 13.2 Å². The zero-order valence-electron chi connectivity index (χ0n) is 21.5. The Balaban J connectivity index is 1.89. The van der Waals surface area contributed by atoms with Crippen LogP contribution in [-0.4, -0.2) is 44.6 Å². The molecule has 190 valence electrons. The Kier molecular flexibility index (Phi) is 8.41. The number of nitrogens with zero attached hydrogens (tertiary/aromatic N) is 1. The largest absolute Gasteiger partial charge is 0.466 e. The van der Waals surface area contributed by atoms with Crippen LogP contribution in [0.2, 0.25) is 0 Å². The Bertz CT molecular complexity index is 1180. The van der Waals surface area contributed by atoms with E-state index in [4.69, 9.17) is 4.74 Å². The number of esters is 1. The standard InChI is InChI=1S/C27H37N3O4S/c1-7-17-30-23(8-2)25(26(31)34-6)22(28-30)18-19-13-15-20(16-14-19)21-11-9-10-12-24(21)35(32,33)29-27(3,4)5/h9-16,22,28-29H,7-8,17-18H2,1-6H3. The summed E-state index contributed by atoms with van der Waals surface area (Å²) in [4.78, 5) is 12.8. The summed E-state index contributed by atoms with van der Waals surface area (Å²) in [5.74, 6) is -0.306. The van der Waals surface area contributed by atoms with E-state index in [0.717, 1.165) is 36.2 Å². The molecular formula is C27H37N3O4S.